The quantitative estimate of drug-likeness (QED) is 0.467. The lowest BCUT2D eigenvalue weighted by molar-refractivity contribution is -0.138. The fourth-order valence-corrected chi connectivity index (χ4v) is 7.09. The van der Waals surface area contributed by atoms with Crippen LogP contribution in [0.5, 0.6) is 0 Å². The molecule has 2 fully saturated rings. The molecule has 0 saturated carbocycles. The van der Waals surface area contributed by atoms with Gasteiger partial charge in [0.15, 0.2) is 0 Å². The number of hydrogen-bond donors (Lipinski definition) is 3. The van der Waals surface area contributed by atoms with E-state index in [0.29, 0.717) is 25.1 Å². The van der Waals surface area contributed by atoms with Gasteiger partial charge in [0.2, 0.25) is 15.9 Å². The number of carbonyl (C=O) groups is 3. The first kappa shape index (κ1) is 27.7. The predicted molar refractivity (Wildman–Crippen MR) is 141 cm³/mol. The normalized spacial score (nSPS) is 18.1. The minimum absolute atomic E-state index is 0.00312. The molecule has 3 N–H and O–H groups in total. The second-order valence-electron chi connectivity index (χ2n) is 9.51. The first-order chi connectivity index (χ1) is 18.0. The number of para-hydroxylation sites is 1. The van der Waals surface area contributed by atoms with Crippen molar-refractivity contribution in [3.8, 4) is 0 Å². The van der Waals surface area contributed by atoms with E-state index in [1.165, 1.54) is 11.0 Å². The van der Waals surface area contributed by atoms with Crippen LogP contribution in [-0.2, 0) is 19.6 Å². The number of likely N-dealkylation sites (tertiary alicyclic amines) is 1. The largest absolute Gasteiger partial charge is 0.480 e. The first-order valence-corrected chi connectivity index (χ1v) is 13.9. The number of aryl methyl sites for hydroxylation is 1. The van der Waals surface area contributed by atoms with Crippen molar-refractivity contribution >= 4 is 45.2 Å². The number of piperidine rings is 1. The summed E-state index contributed by atoms with van der Waals surface area (Å²) >= 11 is 6.05. The number of amides is 3. The molecule has 11 nitrogen and oxygen atoms in total. The number of carbonyl (C=O) groups excluding carboxylic acids is 2. The minimum Gasteiger partial charge on any atom is -0.480 e. The summed E-state index contributed by atoms with van der Waals surface area (Å²) in [6, 6.07) is 12.0. The van der Waals surface area contributed by atoms with Crippen molar-refractivity contribution in [1.82, 2.24) is 19.8 Å². The highest BCUT2D eigenvalue weighted by atomic mass is 35.5. The number of hydrogen-bond acceptors (Lipinski definition) is 6. The Bertz CT molecular complexity index is 1310. The monoisotopic (exact) mass is 563 g/mol. The van der Waals surface area contributed by atoms with Gasteiger partial charge in [-0.25, -0.2) is 13.2 Å². The molecule has 2 heterocycles. The highest BCUT2D eigenvalue weighted by Crippen LogP contribution is 2.38. The molecule has 1 unspecified atom stereocenters. The highest BCUT2D eigenvalue weighted by Gasteiger charge is 2.53. The van der Waals surface area contributed by atoms with Gasteiger partial charge in [0.05, 0.1) is 11.7 Å². The van der Waals surface area contributed by atoms with Crippen LogP contribution in [0.3, 0.4) is 0 Å². The Morgan fingerprint density at radius 1 is 1.11 bits per heavy atom. The van der Waals surface area contributed by atoms with Crippen LogP contribution in [0.15, 0.2) is 53.4 Å². The third-order valence-corrected chi connectivity index (χ3v) is 9.15. The van der Waals surface area contributed by atoms with Crippen molar-refractivity contribution in [2.24, 2.45) is 0 Å². The molecule has 1 spiro atoms. The number of sulfonamides is 1. The molecule has 2 saturated heterocycles. The molecule has 4 rings (SSSR count). The first-order valence-electron chi connectivity index (χ1n) is 12.1. The lowest BCUT2D eigenvalue weighted by Gasteiger charge is -2.43. The van der Waals surface area contributed by atoms with Crippen molar-refractivity contribution in [2.75, 3.05) is 38.3 Å². The third kappa shape index (κ3) is 5.29. The summed E-state index contributed by atoms with van der Waals surface area (Å²) < 4.78 is 27.8. The molecule has 0 aromatic heterocycles. The van der Waals surface area contributed by atoms with E-state index in [9.17, 15) is 27.9 Å². The van der Waals surface area contributed by atoms with Crippen LogP contribution in [0.4, 0.5) is 10.5 Å². The van der Waals surface area contributed by atoms with Crippen LogP contribution in [0.1, 0.15) is 18.4 Å². The molecule has 2 aromatic rings. The fourth-order valence-electron chi connectivity index (χ4n) is 5.07. The number of benzene rings is 2. The molecule has 204 valence electrons. The number of urea groups is 1. The van der Waals surface area contributed by atoms with Crippen molar-refractivity contribution in [1.29, 1.82) is 0 Å². The average molecular weight is 564 g/mol. The lowest BCUT2D eigenvalue weighted by atomic mass is 9.85. The van der Waals surface area contributed by atoms with Gasteiger partial charge < -0.3 is 25.1 Å². The zero-order valence-electron chi connectivity index (χ0n) is 21.1. The maximum absolute atomic E-state index is 13.2. The predicted octanol–water partition coefficient (Wildman–Crippen LogP) is 1.86. The van der Waals surface area contributed by atoms with E-state index in [4.69, 9.17) is 11.6 Å². The molecule has 0 bridgehead atoms. The molecule has 13 heteroatoms. The smallest absolute Gasteiger partial charge is 0.323 e. The number of rotatable bonds is 7. The zero-order chi connectivity index (χ0) is 27.7. The molecule has 0 radical (unpaired) electrons. The van der Waals surface area contributed by atoms with Crippen LogP contribution in [-0.4, -0.2) is 86.2 Å². The molecular weight excluding hydrogens is 534 g/mol. The van der Waals surface area contributed by atoms with Crippen molar-refractivity contribution in [3.05, 3.63) is 59.1 Å². The summed E-state index contributed by atoms with van der Waals surface area (Å²) in [5.41, 5.74) is 0.518. The molecule has 3 amide bonds. The molecular formula is C25H30ClN5O6S. The van der Waals surface area contributed by atoms with Gasteiger partial charge in [0.25, 0.3) is 0 Å². The summed E-state index contributed by atoms with van der Waals surface area (Å²) in [5, 5.41) is 12.1. The zero-order valence-corrected chi connectivity index (χ0v) is 22.6. The fraction of sp³-hybridized carbons (Fsp3) is 0.400. The summed E-state index contributed by atoms with van der Waals surface area (Å²) in [4.78, 5) is 42.9. The van der Waals surface area contributed by atoms with E-state index < -0.39 is 40.1 Å². The summed E-state index contributed by atoms with van der Waals surface area (Å²) in [6.07, 6.45) is 0.804. The number of halogens is 1. The van der Waals surface area contributed by atoms with Crippen molar-refractivity contribution < 1.29 is 27.9 Å². The number of carboxylic acid groups (broad SMARTS) is 1. The third-order valence-electron chi connectivity index (χ3n) is 7.05. The van der Waals surface area contributed by atoms with E-state index in [-0.39, 0.29) is 28.9 Å². The molecule has 2 aromatic carbocycles. The Balaban J connectivity index is 1.40. The second-order valence-corrected chi connectivity index (χ2v) is 11.6. The van der Waals surface area contributed by atoms with Gasteiger partial charge in [-0.2, -0.15) is 4.72 Å². The summed E-state index contributed by atoms with van der Waals surface area (Å²) in [7, 11) is -2.52. The van der Waals surface area contributed by atoms with E-state index in [2.05, 4.69) is 14.9 Å². The topological polar surface area (TPSA) is 139 Å². The van der Waals surface area contributed by atoms with E-state index >= 15 is 0 Å². The number of carboxylic acids is 1. The van der Waals surface area contributed by atoms with Gasteiger partial charge in [-0.3, -0.25) is 9.59 Å². The number of anilines is 1. The molecule has 0 aliphatic carbocycles. The standard InChI is InChI=1S/C25H30ClN5O6S/c1-17-7-6-10-19(26)21(17)38(36,37)28-20(22(32)33)15-27-24(35)30-13-11-25(12-14-30)23(34)29(2)16-31(25)18-8-4-3-5-9-18/h3-10,20,28H,11-16H2,1-2H3,(H,27,35)(H,32,33). The summed E-state index contributed by atoms with van der Waals surface area (Å²) in [6.45, 7) is 2.07. The summed E-state index contributed by atoms with van der Waals surface area (Å²) in [5.74, 6) is -1.45. The Morgan fingerprint density at radius 3 is 2.37 bits per heavy atom. The van der Waals surface area contributed by atoms with Gasteiger partial charge in [-0.1, -0.05) is 41.9 Å². The highest BCUT2D eigenvalue weighted by molar-refractivity contribution is 7.89. The van der Waals surface area contributed by atoms with Gasteiger partial charge in [-0.15, -0.1) is 0 Å². The van der Waals surface area contributed by atoms with Crippen molar-refractivity contribution in [2.45, 2.75) is 36.2 Å². The number of nitrogens with one attached hydrogen (secondary N) is 2. The maximum Gasteiger partial charge on any atom is 0.323 e. The van der Waals surface area contributed by atoms with Gasteiger partial charge in [0, 0.05) is 32.4 Å². The molecule has 1 atom stereocenters. The Kier molecular flexibility index (Phi) is 7.86. The Hall–Kier alpha value is -3.35. The number of nitrogens with zero attached hydrogens (tertiary/aromatic N) is 3. The maximum atomic E-state index is 13.2. The number of aliphatic carboxylic acids is 1. The van der Waals surface area contributed by atoms with Crippen LogP contribution >= 0.6 is 11.6 Å². The van der Waals surface area contributed by atoms with Crippen LogP contribution in [0.25, 0.3) is 0 Å². The van der Waals surface area contributed by atoms with Gasteiger partial charge in [-0.05, 0) is 43.5 Å². The Labute approximate surface area is 226 Å². The number of likely N-dealkylation sites (N-methyl/N-ethyl adjacent to an activating group) is 1. The van der Waals surface area contributed by atoms with Crippen LogP contribution in [0.2, 0.25) is 5.02 Å². The lowest BCUT2D eigenvalue weighted by Crippen LogP contribution is -2.59. The molecule has 2 aliphatic heterocycles. The molecule has 2 aliphatic rings. The van der Waals surface area contributed by atoms with E-state index in [1.54, 1.807) is 31.0 Å². The van der Waals surface area contributed by atoms with Crippen LogP contribution < -0.4 is 14.9 Å². The van der Waals surface area contributed by atoms with Gasteiger partial charge >= 0.3 is 12.0 Å². The SMILES string of the molecule is Cc1cccc(Cl)c1S(=O)(=O)NC(CNC(=O)N1CCC2(CC1)C(=O)N(C)CN2c1ccccc1)C(=O)O. The minimum atomic E-state index is -4.27. The van der Waals surface area contributed by atoms with Crippen LogP contribution in [0, 0.1) is 6.92 Å². The van der Waals surface area contributed by atoms with E-state index in [0.717, 1.165) is 5.69 Å². The molecule has 38 heavy (non-hydrogen) atoms. The second kappa shape index (κ2) is 10.8. The van der Waals surface area contributed by atoms with E-state index in [1.807, 2.05) is 30.3 Å². The van der Waals surface area contributed by atoms with Crippen molar-refractivity contribution in [3.63, 3.8) is 0 Å². The Morgan fingerprint density at radius 2 is 1.76 bits per heavy atom. The van der Waals surface area contributed by atoms with Gasteiger partial charge in [0.1, 0.15) is 16.5 Å². The average Bonchev–Trinajstić information content (AvgIpc) is 3.11.